The molecular formula is C43H44S. The second kappa shape index (κ2) is 9.91. The van der Waals surface area contributed by atoms with Crippen molar-refractivity contribution < 1.29 is 0 Å². The highest BCUT2D eigenvalue weighted by atomic mass is 32.1. The lowest BCUT2D eigenvalue weighted by molar-refractivity contribution is 0.569. The van der Waals surface area contributed by atoms with E-state index < -0.39 is 0 Å². The molecule has 1 aliphatic carbocycles. The Labute approximate surface area is 267 Å². The Hall–Kier alpha value is -3.68. The number of hydrogen-bond donors (Lipinski definition) is 0. The van der Waals surface area contributed by atoms with Crippen LogP contribution in [0.5, 0.6) is 0 Å². The molecule has 7 rings (SSSR count). The Morgan fingerprint density at radius 1 is 0.455 bits per heavy atom. The van der Waals surface area contributed by atoms with Crippen LogP contribution < -0.4 is 0 Å². The molecule has 0 nitrogen and oxygen atoms in total. The molecule has 44 heavy (non-hydrogen) atoms. The van der Waals surface area contributed by atoms with Gasteiger partial charge in [-0.1, -0.05) is 147 Å². The van der Waals surface area contributed by atoms with E-state index in [0.29, 0.717) is 0 Å². The van der Waals surface area contributed by atoms with Crippen molar-refractivity contribution in [2.75, 3.05) is 0 Å². The summed E-state index contributed by atoms with van der Waals surface area (Å²) in [6, 6.07) is 37.2. The van der Waals surface area contributed by atoms with Gasteiger partial charge < -0.3 is 0 Å². The maximum atomic E-state index is 2.46. The molecule has 1 aromatic heterocycles. The van der Waals surface area contributed by atoms with Crippen LogP contribution in [0.25, 0.3) is 42.4 Å². The molecule has 0 bridgehead atoms. The van der Waals surface area contributed by atoms with Crippen LogP contribution >= 0.6 is 11.3 Å². The maximum absolute atomic E-state index is 2.46. The molecular weight excluding hydrogens is 549 g/mol. The molecule has 0 N–H and O–H groups in total. The molecule has 0 radical (unpaired) electrons. The van der Waals surface area contributed by atoms with Crippen LogP contribution in [0.1, 0.15) is 102 Å². The number of fused-ring (bicyclic) bond motifs is 6. The highest BCUT2D eigenvalue weighted by Crippen LogP contribution is 2.53. The van der Waals surface area contributed by atoms with Gasteiger partial charge in [-0.2, -0.15) is 0 Å². The van der Waals surface area contributed by atoms with Gasteiger partial charge in [-0.25, -0.2) is 0 Å². The standard InChI is InChI=1S/C43H44S/c1-41(2,3)27-23-26(24-28(25-27)42(4,5)6)29-19-14-20-35-38(29)39-36(44-35)22-21-34(40(39)43(7,8)9)37-32-17-12-10-15-30(32)31-16-11-13-18-33(31)37/h10-25,37H,1-9H3. The second-order valence-electron chi connectivity index (χ2n) is 15.8. The van der Waals surface area contributed by atoms with Crippen LogP contribution in [0.15, 0.2) is 97.1 Å². The summed E-state index contributed by atoms with van der Waals surface area (Å²) in [5.41, 5.74) is 14.1. The van der Waals surface area contributed by atoms with E-state index in [9.17, 15) is 0 Å². The summed E-state index contributed by atoms with van der Waals surface area (Å²) in [7, 11) is 0. The third-order valence-electron chi connectivity index (χ3n) is 9.57. The smallest absolute Gasteiger partial charge is 0.0361 e. The van der Waals surface area contributed by atoms with Gasteiger partial charge >= 0.3 is 0 Å². The monoisotopic (exact) mass is 592 g/mol. The second-order valence-corrected chi connectivity index (χ2v) is 16.9. The van der Waals surface area contributed by atoms with Crippen LogP contribution in [-0.4, -0.2) is 0 Å². The molecule has 0 aliphatic heterocycles. The lowest BCUT2D eigenvalue weighted by Gasteiger charge is -2.29. The van der Waals surface area contributed by atoms with Gasteiger partial charge in [0.25, 0.3) is 0 Å². The highest BCUT2D eigenvalue weighted by Gasteiger charge is 2.35. The van der Waals surface area contributed by atoms with Crippen molar-refractivity contribution in [1.29, 1.82) is 0 Å². The summed E-state index contributed by atoms with van der Waals surface area (Å²) >= 11 is 1.94. The average molecular weight is 593 g/mol. The predicted octanol–water partition coefficient (Wildman–Crippen LogP) is 12.8. The zero-order valence-electron chi connectivity index (χ0n) is 27.7. The van der Waals surface area contributed by atoms with Crippen molar-refractivity contribution in [3.8, 4) is 22.3 Å². The van der Waals surface area contributed by atoms with Crippen LogP contribution in [0.4, 0.5) is 0 Å². The van der Waals surface area contributed by atoms with Gasteiger partial charge in [0.2, 0.25) is 0 Å². The third kappa shape index (κ3) is 4.63. The predicted molar refractivity (Wildman–Crippen MR) is 194 cm³/mol. The summed E-state index contributed by atoms with van der Waals surface area (Å²) in [6.07, 6.45) is 0. The first-order chi connectivity index (χ1) is 20.7. The summed E-state index contributed by atoms with van der Waals surface area (Å²) in [5, 5.41) is 2.84. The first-order valence-electron chi connectivity index (χ1n) is 16.1. The van der Waals surface area contributed by atoms with E-state index in [1.807, 2.05) is 11.3 Å². The molecule has 0 saturated carbocycles. The van der Waals surface area contributed by atoms with Gasteiger partial charge in [0.1, 0.15) is 0 Å². The van der Waals surface area contributed by atoms with Crippen LogP contribution in [-0.2, 0) is 16.2 Å². The first kappa shape index (κ1) is 29.1. The molecule has 0 spiro atoms. The van der Waals surface area contributed by atoms with Crippen molar-refractivity contribution in [1.82, 2.24) is 0 Å². The summed E-state index contributed by atoms with van der Waals surface area (Å²) in [5.74, 6) is 0.222. The van der Waals surface area contributed by atoms with E-state index in [4.69, 9.17) is 0 Å². The number of thiophene rings is 1. The van der Waals surface area contributed by atoms with E-state index in [2.05, 4.69) is 159 Å². The molecule has 1 aliphatic rings. The van der Waals surface area contributed by atoms with E-state index in [-0.39, 0.29) is 22.2 Å². The van der Waals surface area contributed by atoms with E-state index in [1.165, 1.54) is 75.8 Å². The Bertz CT molecular complexity index is 1990. The van der Waals surface area contributed by atoms with Gasteiger partial charge in [0, 0.05) is 26.1 Å². The lowest BCUT2D eigenvalue weighted by atomic mass is 9.75. The van der Waals surface area contributed by atoms with E-state index in [0.717, 1.165) is 0 Å². The minimum Gasteiger partial charge on any atom is -0.135 e. The van der Waals surface area contributed by atoms with Gasteiger partial charge in [-0.3, -0.25) is 0 Å². The quantitative estimate of drug-likeness (QED) is 0.187. The van der Waals surface area contributed by atoms with E-state index >= 15 is 0 Å². The molecule has 0 saturated heterocycles. The SMILES string of the molecule is CC(C)(C)c1cc(-c2cccc3sc4ccc(C5c6ccccc6-c6ccccc65)c(C(C)(C)C)c4c23)cc(C(C)(C)C)c1. The molecule has 1 heteroatoms. The first-order valence-corrected chi connectivity index (χ1v) is 16.9. The third-order valence-corrected chi connectivity index (χ3v) is 10.7. The summed E-state index contributed by atoms with van der Waals surface area (Å²) in [4.78, 5) is 0. The average Bonchev–Trinajstić information content (AvgIpc) is 3.51. The Balaban J connectivity index is 1.58. The maximum Gasteiger partial charge on any atom is 0.0361 e. The normalized spacial score (nSPS) is 13.9. The van der Waals surface area contributed by atoms with Gasteiger partial charge in [0.15, 0.2) is 0 Å². The topological polar surface area (TPSA) is 0 Å². The van der Waals surface area contributed by atoms with Gasteiger partial charge in [0.05, 0.1) is 0 Å². The number of benzene rings is 5. The summed E-state index contributed by atoms with van der Waals surface area (Å²) in [6.45, 7) is 21.2. The number of rotatable bonds is 2. The molecule has 0 amide bonds. The van der Waals surface area contributed by atoms with Crippen LogP contribution in [0.2, 0.25) is 0 Å². The molecule has 1 heterocycles. The zero-order chi connectivity index (χ0) is 31.2. The Kier molecular flexibility index (Phi) is 6.55. The van der Waals surface area contributed by atoms with Crippen LogP contribution in [0, 0.1) is 0 Å². The molecule has 0 atom stereocenters. The fourth-order valence-electron chi connectivity index (χ4n) is 7.35. The molecule has 5 aromatic carbocycles. The van der Waals surface area contributed by atoms with E-state index in [1.54, 1.807) is 0 Å². The van der Waals surface area contributed by atoms with Crippen molar-refractivity contribution >= 4 is 31.5 Å². The van der Waals surface area contributed by atoms with Crippen molar-refractivity contribution in [2.45, 2.75) is 84.5 Å². The fraction of sp³-hybridized carbons (Fsp3) is 0.302. The largest absolute Gasteiger partial charge is 0.135 e. The molecule has 0 fully saturated rings. The minimum absolute atomic E-state index is 0.0493. The molecule has 222 valence electrons. The van der Waals surface area contributed by atoms with Crippen molar-refractivity contribution in [3.05, 3.63) is 130 Å². The Morgan fingerprint density at radius 2 is 0.977 bits per heavy atom. The zero-order valence-corrected chi connectivity index (χ0v) is 28.5. The molecule has 6 aromatic rings. The summed E-state index contributed by atoms with van der Waals surface area (Å²) < 4.78 is 2.74. The Morgan fingerprint density at radius 3 is 1.52 bits per heavy atom. The van der Waals surface area contributed by atoms with Gasteiger partial charge in [-0.05, 0) is 84.0 Å². The van der Waals surface area contributed by atoms with Gasteiger partial charge in [-0.15, -0.1) is 11.3 Å². The van der Waals surface area contributed by atoms with Crippen molar-refractivity contribution in [2.24, 2.45) is 0 Å². The number of hydrogen-bond acceptors (Lipinski definition) is 1. The molecule has 0 unspecified atom stereocenters. The van der Waals surface area contributed by atoms with Crippen molar-refractivity contribution in [3.63, 3.8) is 0 Å². The minimum atomic E-state index is -0.0493. The van der Waals surface area contributed by atoms with Crippen LogP contribution in [0.3, 0.4) is 0 Å². The highest BCUT2D eigenvalue weighted by molar-refractivity contribution is 7.26. The fourth-order valence-corrected chi connectivity index (χ4v) is 8.49. The lowest BCUT2D eigenvalue weighted by Crippen LogP contribution is -2.17.